The Morgan fingerprint density at radius 3 is 2.49 bits per heavy atom. The van der Waals surface area contributed by atoms with Gasteiger partial charge in [-0.25, -0.2) is 18.2 Å². The van der Waals surface area contributed by atoms with Crippen molar-refractivity contribution in [3.63, 3.8) is 0 Å². The topological polar surface area (TPSA) is 93.1 Å². The molecule has 1 aliphatic rings. The molecule has 0 aliphatic carbocycles. The standard InChI is InChI=1S/C24H20F3N5O2S/c1-5-18-29-19-15(20(33)30-18)8-14(10-17(19)25)32-22(35)31(21(34)23(32,2)3)13-7-6-12(11-28)16(9-13)24(4,26)27/h6-10H,5H2,1-4H3,(H,29,30,33). The van der Waals surface area contributed by atoms with Crippen molar-refractivity contribution >= 4 is 45.5 Å². The largest absolute Gasteiger partial charge is 0.310 e. The third kappa shape index (κ3) is 3.83. The van der Waals surface area contributed by atoms with Gasteiger partial charge in [0.1, 0.15) is 16.9 Å². The normalized spacial score (nSPS) is 15.7. The van der Waals surface area contributed by atoms with Gasteiger partial charge in [-0.1, -0.05) is 6.92 Å². The lowest BCUT2D eigenvalue weighted by Crippen LogP contribution is -2.44. The van der Waals surface area contributed by atoms with E-state index in [1.165, 1.54) is 23.1 Å². The number of nitrogens with one attached hydrogen (secondary N) is 1. The van der Waals surface area contributed by atoms with Gasteiger partial charge >= 0.3 is 0 Å². The molecule has 0 spiro atoms. The number of carbonyl (C=O) groups excluding carboxylic acids is 1. The van der Waals surface area contributed by atoms with Crippen molar-refractivity contribution in [1.82, 2.24) is 9.97 Å². The van der Waals surface area contributed by atoms with Gasteiger partial charge in [0.2, 0.25) is 0 Å². The molecule has 35 heavy (non-hydrogen) atoms. The second-order valence-corrected chi connectivity index (χ2v) is 9.10. The summed E-state index contributed by atoms with van der Waals surface area (Å²) in [4.78, 5) is 35.1. The van der Waals surface area contributed by atoms with E-state index in [1.54, 1.807) is 26.8 Å². The molecule has 0 bridgehead atoms. The van der Waals surface area contributed by atoms with Gasteiger partial charge in [0.15, 0.2) is 10.9 Å². The fourth-order valence-corrected chi connectivity index (χ4v) is 4.64. The lowest BCUT2D eigenvalue weighted by atomic mass is 10.0. The Hall–Kier alpha value is -3.78. The van der Waals surface area contributed by atoms with E-state index < -0.39 is 34.3 Å². The first-order valence-electron chi connectivity index (χ1n) is 10.6. The van der Waals surface area contributed by atoms with Crippen LogP contribution in [0.2, 0.25) is 0 Å². The number of aromatic amines is 1. The van der Waals surface area contributed by atoms with Crippen molar-refractivity contribution in [2.24, 2.45) is 0 Å². The lowest BCUT2D eigenvalue weighted by molar-refractivity contribution is -0.120. The van der Waals surface area contributed by atoms with Crippen LogP contribution in [0.3, 0.4) is 0 Å². The van der Waals surface area contributed by atoms with Crippen LogP contribution in [-0.4, -0.2) is 26.5 Å². The van der Waals surface area contributed by atoms with E-state index in [-0.39, 0.29) is 33.0 Å². The number of halogens is 3. The average molecular weight is 500 g/mol. The van der Waals surface area contributed by atoms with Gasteiger partial charge in [-0.15, -0.1) is 0 Å². The maximum absolute atomic E-state index is 15.1. The molecule has 1 N–H and O–H groups in total. The minimum atomic E-state index is -3.34. The van der Waals surface area contributed by atoms with Gasteiger partial charge < -0.3 is 9.88 Å². The molecular weight excluding hydrogens is 479 g/mol. The van der Waals surface area contributed by atoms with Gasteiger partial charge in [0, 0.05) is 24.6 Å². The van der Waals surface area contributed by atoms with Crippen LogP contribution in [0.25, 0.3) is 10.9 Å². The number of rotatable bonds is 4. The number of amides is 1. The lowest BCUT2D eigenvalue weighted by Gasteiger charge is -2.29. The van der Waals surface area contributed by atoms with Gasteiger partial charge in [0.05, 0.1) is 22.7 Å². The molecule has 2 aromatic carbocycles. The zero-order valence-corrected chi connectivity index (χ0v) is 20.1. The van der Waals surface area contributed by atoms with E-state index in [0.717, 1.165) is 17.0 Å². The van der Waals surface area contributed by atoms with E-state index in [1.807, 2.05) is 0 Å². The Balaban J connectivity index is 1.87. The predicted octanol–water partition coefficient (Wildman–Crippen LogP) is 4.52. The van der Waals surface area contributed by atoms with Crippen molar-refractivity contribution in [2.45, 2.75) is 45.6 Å². The molecule has 11 heteroatoms. The molecule has 1 fully saturated rings. The third-order valence-corrected chi connectivity index (χ3v) is 6.28. The highest BCUT2D eigenvalue weighted by Crippen LogP contribution is 2.39. The Kier molecular flexibility index (Phi) is 5.68. The number of carbonyl (C=O) groups is 1. The van der Waals surface area contributed by atoms with Gasteiger partial charge in [-0.3, -0.25) is 14.5 Å². The minimum Gasteiger partial charge on any atom is -0.310 e. The van der Waals surface area contributed by atoms with E-state index in [9.17, 15) is 23.6 Å². The summed E-state index contributed by atoms with van der Waals surface area (Å²) in [6, 6.07) is 7.83. The smallest absolute Gasteiger partial charge is 0.271 e. The number of fused-ring (bicyclic) bond motifs is 1. The maximum atomic E-state index is 15.1. The highest BCUT2D eigenvalue weighted by molar-refractivity contribution is 7.81. The Morgan fingerprint density at radius 2 is 1.89 bits per heavy atom. The summed E-state index contributed by atoms with van der Waals surface area (Å²) in [6.45, 7) is 5.52. The monoisotopic (exact) mass is 499 g/mol. The molecule has 180 valence electrons. The van der Waals surface area contributed by atoms with E-state index in [2.05, 4.69) is 9.97 Å². The van der Waals surface area contributed by atoms with Crippen molar-refractivity contribution < 1.29 is 18.0 Å². The first kappa shape index (κ1) is 24.3. The summed E-state index contributed by atoms with van der Waals surface area (Å²) in [7, 11) is 0. The Labute approximate surface area is 203 Å². The number of nitrogens with zero attached hydrogens (tertiary/aromatic N) is 4. The number of alkyl halides is 2. The van der Waals surface area contributed by atoms with Crippen LogP contribution in [0, 0.1) is 17.1 Å². The van der Waals surface area contributed by atoms with Crippen LogP contribution in [0.5, 0.6) is 0 Å². The zero-order valence-electron chi connectivity index (χ0n) is 19.2. The molecule has 2 heterocycles. The zero-order chi connectivity index (χ0) is 25.9. The summed E-state index contributed by atoms with van der Waals surface area (Å²) in [5.74, 6) is -4.33. The Morgan fingerprint density at radius 1 is 1.20 bits per heavy atom. The fourth-order valence-electron chi connectivity index (χ4n) is 4.12. The maximum Gasteiger partial charge on any atom is 0.271 e. The summed E-state index contributed by atoms with van der Waals surface area (Å²) in [6.07, 6.45) is 0.405. The number of thiocarbonyl (C=S) groups is 1. The van der Waals surface area contributed by atoms with Gasteiger partial charge in [-0.05, 0) is 56.4 Å². The van der Waals surface area contributed by atoms with Crippen LogP contribution in [0.15, 0.2) is 35.1 Å². The average Bonchev–Trinajstić information content (AvgIpc) is 2.96. The molecule has 0 saturated carbocycles. The number of aromatic nitrogens is 2. The molecule has 1 saturated heterocycles. The molecule has 7 nitrogen and oxygen atoms in total. The van der Waals surface area contributed by atoms with Crippen LogP contribution >= 0.6 is 12.2 Å². The van der Waals surface area contributed by atoms with E-state index in [4.69, 9.17) is 12.2 Å². The fraction of sp³-hybridized carbons (Fsp3) is 0.292. The molecule has 3 aromatic rings. The molecule has 1 amide bonds. The highest BCUT2D eigenvalue weighted by Gasteiger charge is 2.50. The van der Waals surface area contributed by atoms with Gasteiger partial charge in [-0.2, -0.15) is 5.26 Å². The quantitative estimate of drug-likeness (QED) is 0.531. The number of H-pyrrole nitrogens is 1. The van der Waals surface area contributed by atoms with Crippen molar-refractivity contribution in [2.75, 3.05) is 9.80 Å². The third-order valence-electron chi connectivity index (χ3n) is 5.91. The van der Waals surface area contributed by atoms with E-state index in [0.29, 0.717) is 19.2 Å². The van der Waals surface area contributed by atoms with Crippen LogP contribution in [0.1, 0.15) is 44.6 Å². The molecule has 1 aromatic heterocycles. The molecule has 0 radical (unpaired) electrons. The first-order chi connectivity index (χ1) is 16.3. The number of aryl methyl sites for hydroxylation is 1. The molecule has 0 atom stereocenters. The number of nitriles is 1. The SMILES string of the molecule is CCc1nc2c(F)cc(N3C(=S)N(c4ccc(C#N)c(C(C)(F)F)c4)C(=O)C3(C)C)cc2c(=O)[nH]1. The van der Waals surface area contributed by atoms with Crippen LogP contribution < -0.4 is 15.4 Å². The summed E-state index contributed by atoms with van der Waals surface area (Å²) in [5.41, 5.74) is -2.60. The predicted molar refractivity (Wildman–Crippen MR) is 129 cm³/mol. The number of benzene rings is 2. The minimum absolute atomic E-state index is 0.0204. The van der Waals surface area contributed by atoms with Crippen molar-refractivity contribution in [3.05, 3.63) is 63.5 Å². The summed E-state index contributed by atoms with van der Waals surface area (Å²) in [5, 5.41) is 9.10. The number of hydrogen-bond donors (Lipinski definition) is 1. The van der Waals surface area contributed by atoms with Gasteiger partial charge in [0.25, 0.3) is 17.4 Å². The summed E-state index contributed by atoms with van der Waals surface area (Å²) >= 11 is 5.54. The molecular formula is C24H20F3N5O2S. The highest BCUT2D eigenvalue weighted by atomic mass is 32.1. The van der Waals surface area contributed by atoms with Crippen LogP contribution in [-0.2, 0) is 17.1 Å². The van der Waals surface area contributed by atoms with Crippen molar-refractivity contribution in [1.29, 1.82) is 5.26 Å². The second-order valence-electron chi connectivity index (χ2n) is 8.74. The molecule has 0 unspecified atom stereocenters. The second kappa shape index (κ2) is 8.16. The number of anilines is 2. The number of hydrogen-bond acceptors (Lipinski definition) is 5. The molecule has 4 rings (SSSR count). The van der Waals surface area contributed by atoms with E-state index >= 15 is 4.39 Å². The van der Waals surface area contributed by atoms with Crippen LogP contribution in [0.4, 0.5) is 24.5 Å². The first-order valence-corrected chi connectivity index (χ1v) is 11.1. The Bertz CT molecular complexity index is 1500. The summed E-state index contributed by atoms with van der Waals surface area (Å²) < 4.78 is 43.4. The molecule has 1 aliphatic heterocycles. The van der Waals surface area contributed by atoms with Crippen molar-refractivity contribution in [3.8, 4) is 6.07 Å².